The Morgan fingerprint density at radius 2 is 2.17 bits per heavy atom. The highest BCUT2D eigenvalue weighted by Crippen LogP contribution is 2.36. The van der Waals surface area contributed by atoms with Crippen molar-refractivity contribution < 1.29 is 4.79 Å². The lowest BCUT2D eigenvalue weighted by Gasteiger charge is -2.24. The molecule has 1 nitrogen and oxygen atoms in total. The van der Waals surface area contributed by atoms with Crippen LogP contribution in [0.25, 0.3) is 0 Å². The van der Waals surface area contributed by atoms with Crippen LogP contribution in [0.5, 0.6) is 0 Å². The van der Waals surface area contributed by atoms with E-state index in [4.69, 9.17) is 11.6 Å². The molecule has 1 aromatic carbocycles. The predicted octanol–water partition coefficient (Wildman–Crippen LogP) is 4.54. The van der Waals surface area contributed by atoms with E-state index in [2.05, 4.69) is 6.58 Å². The summed E-state index contributed by atoms with van der Waals surface area (Å²) >= 11 is 6.65. The molecule has 1 unspecified atom stereocenters. The smallest absolute Gasteiger partial charge is 0.164 e. The summed E-state index contributed by atoms with van der Waals surface area (Å²) in [6.07, 6.45) is 7.02. The van der Waals surface area contributed by atoms with Crippen LogP contribution in [0.4, 0.5) is 0 Å². The molecule has 1 atom stereocenters. The van der Waals surface area contributed by atoms with E-state index < -0.39 is 0 Å². The lowest BCUT2D eigenvalue weighted by atomic mass is 9.92. The highest BCUT2D eigenvalue weighted by molar-refractivity contribution is 6.26. The average molecular weight is 263 g/mol. The maximum absolute atomic E-state index is 12.2. The lowest BCUT2D eigenvalue weighted by Crippen LogP contribution is -2.24. The van der Waals surface area contributed by atoms with E-state index in [1.165, 1.54) is 0 Å². The van der Waals surface area contributed by atoms with Gasteiger partial charge in [0.1, 0.15) is 0 Å². The number of Topliss-reactive ketones (excluding diaryl/α,β-unsaturated/α-hetero) is 1. The molecule has 0 amide bonds. The topological polar surface area (TPSA) is 17.1 Å². The Morgan fingerprint density at radius 1 is 1.39 bits per heavy atom. The van der Waals surface area contributed by atoms with Gasteiger partial charge in [0.25, 0.3) is 0 Å². The Labute approximate surface area is 114 Å². The monoisotopic (exact) mass is 262 g/mol. The van der Waals surface area contributed by atoms with Crippen molar-refractivity contribution in [2.24, 2.45) is 0 Å². The third-order valence-corrected chi connectivity index (χ3v) is 4.18. The molecule has 0 bridgehead atoms. The van der Waals surface area contributed by atoms with Crippen LogP contribution in [0.3, 0.4) is 0 Å². The van der Waals surface area contributed by atoms with Crippen LogP contribution in [0.2, 0.25) is 0 Å². The number of rotatable bonds is 4. The molecule has 1 aliphatic carbocycles. The molecule has 0 aromatic heterocycles. The molecular weight excluding hydrogens is 244 g/mol. The normalized spacial score (nSPS) is 23.3. The largest absolute Gasteiger partial charge is 0.294 e. The van der Waals surface area contributed by atoms with Crippen LogP contribution in [0, 0.1) is 0 Å². The second kappa shape index (κ2) is 5.71. The van der Waals surface area contributed by atoms with Crippen molar-refractivity contribution in [2.75, 3.05) is 0 Å². The zero-order valence-corrected chi connectivity index (χ0v) is 11.4. The highest BCUT2D eigenvalue weighted by atomic mass is 35.5. The number of fused-ring (bicyclic) bond motifs is 1. The minimum absolute atomic E-state index is 0.191. The quantitative estimate of drug-likeness (QED) is 0.337. The molecule has 1 aliphatic rings. The summed E-state index contributed by atoms with van der Waals surface area (Å²) in [5, 5.41) is 0. The van der Waals surface area contributed by atoms with Gasteiger partial charge in [-0.15, -0.1) is 18.2 Å². The second-order valence-electron chi connectivity index (χ2n) is 5.09. The van der Waals surface area contributed by atoms with Gasteiger partial charge in [0.05, 0.1) is 4.87 Å². The molecular formula is C16H19ClO. The minimum Gasteiger partial charge on any atom is -0.294 e. The van der Waals surface area contributed by atoms with Crippen LogP contribution in [-0.2, 0) is 6.42 Å². The molecule has 0 saturated heterocycles. The Bertz CT molecular complexity index is 452. The molecule has 96 valence electrons. The fourth-order valence-corrected chi connectivity index (χ4v) is 2.97. The molecule has 0 N–H and O–H groups in total. The van der Waals surface area contributed by atoms with E-state index >= 15 is 0 Å². The summed E-state index contributed by atoms with van der Waals surface area (Å²) in [6, 6.07) is 7.88. The number of allylic oxidation sites excluding steroid dienone is 1. The maximum atomic E-state index is 12.2. The van der Waals surface area contributed by atoms with E-state index in [0.29, 0.717) is 6.42 Å². The summed E-state index contributed by atoms with van der Waals surface area (Å²) in [4.78, 5) is 11.9. The number of halogens is 1. The summed E-state index contributed by atoms with van der Waals surface area (Å²) in [6.45, 7) is 3.72. The number of alkyl halides is 1. The zero-order chi connectivity index (χ0) is 13.0. The zero-order valence-electron chi connectivity index (χ0n) is 10.6. The average Bonchev–Trinajstić information content (AvgIpc) is 2.48. The van der Waals surface area contributed by atoms with E-state index in [9.17, 15) is 4.79 Å². The van der Waals surface area contributed by atoms with Crippen molar-refractivity contribution in [1.82, 2.24) is 0 Å². The van der Waals surface area contributed by atoms with Gasteiger partial charge in [-0.1, -0.05) is 30.3 Å². The first kappa shape index (κ1) is 13.4. The van der Waals surface area contributed by atoms with Crippen molar-refractivity contribution in [2.45, 2.75) is 43.4 Å². The van der Waals surface area contributed by atoms with Crippen LogP contribution < -0.4 is 0 Å². The SMILES string of the molecule is C=CCCCC1(Cl)CCc2ccccc2C(=O)C1. The molecule has 0 radical (unpaired) electrons. The predicted molar refractivity (Wildman–Crippen MR) is 76.3 cm³/mol. The third-order valence-electron chi connectivity index (χ3n) is 3.67. The van der Waals surface area contributed by atoms with E-state index in [1.807, 2.05) is 30.3 Å². The first-order chi connectivity index (χ1) is 8.64. The van der Waals surface area contributed by atoms with Crippen molar-refractivity contribution in [3.05, 3.63) is 48.0 Å². The molecule has 18 heavy (non-hydrogen) atoms. The first-order valence-corrected chi connectivity index (χ1v) is 6.93. The van der Waals surface area contributed by atoms with Gasteiger partial charge in [-0.2, -0.15) is 0 Å². The molecule has 2 heteroatoms. The number of benzene rings is 1. The summed E-state index contributed by atoms with van der Waals surface area (Å²) in [5.41, 5.74) is 2.01. The number of hydrogen-bond acceptors (Lipinski definition) is 1. The van der Waals surface area contributed by atoms with Gasteiger partial charge in [0.15, 0.2) is 5.78 Å². The van der Waals surface area contributed by atoms with Crippen LogP contribution in [0.1, 0.15) is 48.0 Å². The van der Waals surface area contributed by atoms with E-state index in [1.54, 1.807) is 0 Å². The molecule has 1 aromatic rings. The van der Waals surface area contributed by atoms with Crippen molar-refractivity contribution in [3.63, 3.8) is 0 Å². The van der Waals surface area contributed by atoms with Gasteiger partial charge >= 0.3 is 0 Å². The van der Waals surface area contributed by atoms with Crippen LogP contribution >= 0.6 is 11.6 Å². The molecule has 0 heterocycles. The van der Waals surface area contributed by atoms with Crippen LogP contribution in [0.15, 0.2) is 36.9 Å². The van der Waals surface area contributed by atoms with Gasteiger partial charge < -0.3 is 0 Å². The van der Waals surface area contributed by atoms with Gasteiger partial charge in [-0.25, -0.2) is 0 Å². The molecule has 0 saturated carbocycles. The number of hydrogen-bond donors (Lipinski definition) is 0. The lowest BCUT2D eigenvalue weighted by molar-refractivity contribution is 0.0968. The van der Waals surface area contributed by atoms with E-state index in [0.717, 1.165) is 43.2 Å². The Balaban J connectivity index is 2.12. The Kier molecular flexibility index (Phi) is 4.23. The summed E-state index contributed by atoms with van der Waals surface area (Å²) in [7, 11) is 0. The maximum Gasteiger partial charge on any atom is 0.164 e. The number of ketones is 1. The number of carbonyl (C=O) groups is 1. The number of aryl methyl sites for hydroxylation is 1. The molecule has 0 aliphatic heterocycles. The number of carbonyl (C=O) groups excluding carboxylic acids is 1. The van der Waals surface area contributed by atoms with Crippen molar-refractivity contribution in [1.29, 1.82) is 0 Å². The number of unbranched alkanes of at least 4 members (excludes halogenated alkanes) is 1. The fourth-order valence-electron chi connectivity index (χ4n) is 2.62. The molecule has 0 spiro atoms. The van der Waals surface area contributed by atoms with Crippen LogP contribution in [-0.4, -0.2) is 10.7 Å². The fraction of sp³-hybridized carbons (Fsp3) is 0.438. The summed E-state index contributed by atoms with van der Waals surface area (Å²) in [5.74, 6) is 0.191. The standard InChI is InChI=1S/C16H19ClO/c1-2-3-6-10-16(17)11-9-13-7-4-5-8-14(13)15(18)12-16/h2,4-5,7-8H,1,3,6,9-12H2. The van der Waals surface area contributed by atoms with Crippen molar-refractivity contribution in [3.8, 4) is 0 Å². The summed E-state index contributed by atoms with van der Waals surface area (Å²) < 4.78 is 0. The molecule has 0 fully saturated rings. The first-order valence-electron chi connectivity index (χ1n) is 6.55. The Morgan fingerprint density at radius 3 is 2.94 bits per heavy atom. The van der Waals surface area contributed by atoms with E-state index in [-0.39, 0.29) is 10.7 Å². The highest BCUT2D eigenvalue weighted by Gasteiger charge is 2.33. The molecule has 2 rings (SSSR count). The third kappa shape index (κ3) is 3.02. The van der Waals surface area contributed by atoms with Gasteiger partial charge in [-0.3, -0.25) is 4.79 Å². The minimum atomic E-state index is -0.362. The Hall–Kier alpha value is -1.08. The van der Waals surface area contributed by atoms with Gasteiger partial charge in [0.2, 0.25) is 0 Å². The van der Waals surface area contributed by atoms with Gasteiger partial charge in [0, 0.05) is 12.0 Å². The second-order valence-corrected chi connectivity index (χ2v) is 5.89. The van der Waals surface area contributed by atoms with Crippen molar-refractivity contribution >= 4 is 17.4 Å². The van der Waals surface area contributed by atoms with Gasteiger partial charge in [-0.05, 0) is 37.7 Å².